The molecule has 3 aliphatic rings. The number of amides is 3. The molecule has 0 aromatic heterocycles. The fourth-order valence-corrected chi connectivity index (χ4v) is 4.99. The van der Waals surface area contributed by atoms with E-state index >= 15 is 0 Å². The van der Waals surface area contributed by atoms with Gasteiger partial charge < -0.3 is 15.5 Å². The van der Waals surface area contributed by atoms with Gasteiger partial charge in [0.05, 0.1) is 0 Å². The molecule has 6 heteroatoms. The maximum Gasteiger partial charge on any atom is 0.317 e. The third-order valence-electron chi connectivity index (χ3n) is 6.51. The lowest BCUT2D eigenvalue weighted by Crippen LogP contribution is -2.46. The summed E-state index contributed by atoms with van der Waals surface area (Å²) in [6.07, 6.45) is 1.68. The second-order valence-corrected chi connectivity index (χ2v) is 8.16. The molecule has 0 bridgehead atoms. The summed E-state index contributed by atoms with van der Waals surface area (Å²) in [5, 5.41) is 6.00. The molecule has 0 radical (unpaired) electrons. The summed E-state index contributed by atoms with van der Waals surface area (Å²) in [4.78, 5) is 32.4. The van der Waals surface area contributed by atoms with Gasteiger partial charge in [0.1, 0.15) is 11.4 Å². The number of likely N-dealkylation sites (tertiary alicyclic amines) is 1. The van der Waals surface area contributed by atoms with Crippen LogP contribution in [0.3, 0.4) is 0 Å². The predicted molar refractivity (Wildman–Crippen MR) is 110 cm³/mol. The number of benzene rings is 2. The minimum atomic E-state index is -0.732. The Hall–Kier alpha value is -3.15. The number of amidine groups is 1. The van der Waals surface area contributed by atoms with Crippen LogP contribution in [0.1, 0.15) is 24.0 Å². The summed E-state index contributed by atoms with van der Waals surface area (Å²) in [5.74, 6) is 1.03. The number of nitrogens with zero attached hydrogens (tertiary/aromatic N) is 2. The van der Waals surface area contributed by atoms with Crippen molar-refractivity contribution >= 4 is 17.8 Å². The molecular formula is C23H24N4O2. The topological polar surface area (TPSA) is 73.8 Å². The molecule has 2 fully saturated rings. The van der Waals surface area contributed by atoms with Crippen molar-refractivity contribution in [3.05, 3.63) is 71.8 Å². The molecule has 2 aromatic carbocycles. The van der Waals surface area contributed by atoms with Gasteiger partial charge in [0.25, 0.3) is 5.91 Å². The smallest absolute Gasteiger partial charge is 0.317 e. The van der Waals surface area contributed by atoms with Gasteiger partial charge in [-0.05, 0) is 24.3 Å². The monoisotopic (exact) mass is 388 g/mol. The average molecular weight is 388 g/mol. The molecule has 148 valence electrons. The van der Waals surface area contributed by atoms with E-state index in [0.717, 1.165) is 24.0 Å². The van der Waals surface area contributed by atoms with Crippen molar-refractivity contribution in [3.63, 3.8) is 0 Å². The van der Waals surface area contributed by atoms with E-state index < -0.39 is 5.54 Å². The van der Waals surface area contributed by atoms with Crippen molar-refractivity contribution in [1.82, 2.24) is 15.5 Å². The highest BCUT2D eigenvalue weighted by Gasteiger charge is 2.59. The zero-order valence-corrected chi connectivity index (χ0v) is 16.2. The summed E-state index contributed by atoms with van der Waals surface area (Å²) < 4.78 is 0. The zero-order chi connectivity index (χ0) is 19.8. The van der Waals surface area contributed by atoms with E-state index in [0.29, 0.717) is 31.4 Å². The van der Waals surface area contributed by atoms with Crippen molar-refractivity contribution in [2.75, 3.05) is 13.1 Å². The van der Waals surface area contributed by atoms with E-state index in [9.17, 15) is 9.59 Å². The van der Waals surface area contributed by atoms with Crippen LogP contribution in [0.5, 0.6) is 0 Å². The molecule has 5 rings (SSSR count). The second-order valence-electron chi connectivity index (χ2n) is 8.16. The molecule has 0 unspecified atom stereocenters. The number of aliphatic imine (C=N–C) groups is 1. The molecule has 29 heavy (non-hydrogen) atoms. The molecule has 3 amide bonds. The number of urea groups is 1. The van der Waals surface area contributed by atoms with Crippen molar-refractivity contribution in [3.8, 4) is 0 Å². The lowest BCUT2D eigenvalue weighted by atomic mass is 9.85. The highest BCUT2D eigenvalue weighted by Crippen LogP contribution is 2.49. The minimum absolute atomic E-state index is 0.0182. The fraction of sp³-hybridized carbons (Fsp3) is 0.348. The third kappa shape index (κ3) is 3.09. The van der Waals surface area contributed by atoms with Gasteiger partial charge in [-0.2, -0.15) is 0 Å². The van der Waals surface area contributed by atoms with Gasteiger partial charge in [0.15, 0.2) is 0 Å². The highest BCUT2D eigenvalue weighted by atomic mass is 16.2. The van der Waals surface area contributed by atoms with Gasteiger partial charge >= 0.3 is 6.03 Å². The maximum absolute atomic E-state index is 13.0. The molecular weight excluding hydrogens is 364 g/mol. The van der Waals surface area contributed by atoms with Gasteiger partial charge in [-0.1, -0.05) is 60.7 Å². The van der Waals surface area contributed by atoms with Crippen LogP contribution < -0.4 is 10.6 Å². The number of carbonyl (C=O) groups is 2. The first kappa shape index (κ1) is 17.9. The predicted octanol–water partition coefficient (Wildman–Crippen LogP) is 2.55. The van der Waals surface area contributed by atoms with E-state index in [-0.39, 0.29) is 17.9 Å². The van der Waals surface area contributed by atoms with Crippen LogP contribution in [0.15, 0.2) is 65.7 Å². The van der Waals surface area contributed by atoms with Crippen LogP contribution in [0.2, 0.25) is 0 Å². The van der Waals surface area contributed by atoms with Crippen molar-refractivity contribution < 1.29 is 9.59 Å². The number of hydrogen-bond donors (Lipinski definition) is 2. The van der Waals surface area contributed by atoms with E-state index in [1.807, 2.05) is 65.6 Å². The molecule has 3 atom stereocenters. The number of carbonyl (C=O) groups excluding carboxylic acids is 2. The molecule has 1 saturated carbocycles. The maximum atomic E-state index is 13.0. The molecule has 1 spiro atoms. The number of hydrogen-bond acceptors (Lipinski definition) is 3. The minimum Gasteiger partial charge on any atom is -0.334 e. The standard InChI is InChI=1S/C23H24N4O2/c28-21-23(26-20(25-21)17-9-5-2-6-10-17)12-11-18-14-27(15-19(18)23)22(29)24-13-16-7-3-1-4-8-16/h1-10,18-19H,11-15H2,(H,24,29)(H,25,26,28)/t18-,19+,23-/m1/s1. The van der Waals surface area contributed by atoms with Crippen LogP contribution >= 0.6 is 0 Å². The number of fused-ring (bicyclic) bond motifs is 2. The van der Waals surface area contributed by atoms with Gasteiger partial charge in [-0.25, -0.2) is 4.79 Å². The zero-order valence-electron chi connectivity index (χ0n) is 16.2. The lowest BCUT2D eigenvalue weighted by molar-refractivity contribution is -0.124. The van der Waals surface area contributed by atoms with Crippen molar-refractivity contribution in [1.29, 1.82) is 0 Å². The number of nitrogens with one attached hydrogen (secondary N) is 2. The highest BCUT2D eigenvalue weighted by molar-refractivity contribution is 6.15. The molecule has 1 aliphatic carbocycles. The van der Waals surface area contributed by atoms with Crippen LogP contribution in [0.25, 0.3) is 0 Å². The fourth-order valence-electron chi connectivity index (χ4n) is 4.99. The Bertz CT molecular complexity index is 959. The van der Waals surface area contributed by atoms with E-state index in [4.69, 9.17) is 4.99 Å². The Balaban J connectivity index is 1.30. The summed E-state index contributed by atoms with van der Waals surface area (Å²) in [6, 6.07) is 19.6. The van der Waals surface area contributed by atoms with Gasteiger partial charge in [-0.15, -0.1) is 0 Å². The number of rotatable bonds is 3. The van der Waals surface area contributed by atoms with Gasteiger partial charge in [0, 0.05) is 31.1 Å². The Morgan fingerprint density at radius 3 is 2.59 bits per heavy atom. The van der Waals surface area contributed by atoms with Crippen LogP contribution in [0, 0.1) is 11.8 Å². The molecule has 6 nitrogen and oxygen atoms in total. The largest absolute Gasteiger partial charge is 0.334 e. The van der Waals surface area contributed by atoms with E-state index in [2.05, 4.69) is 10.6 Å². The average Bonchev–Trinajstić information content (AvgIpc) is 3.43. The molecule has 2 aromatic rings. The Kier molecular flexibility index (Phi) is 4.34. The first-order valence-corrected chi connectivity index (χ1v) is 10.2. The van der Waals surface area contributed by atoms with E-state index in [1.54, 1.807) is 0 Å². The summed E-state index contributed by atoms with van der Waals surface area (Å²) >= 11 is 0. The normalized spacial score (nSPS) is 27.7. The molecule has 2 heterocycles. The Morgan fingerprint density at radius 1 is 1.10 bits per heavy atom. The second kappa shape index (κ2) is 7.03. The first-order chi connectivity index (χ1) is 14.2. The molecule has 2 N–H and O–H groups in total. The van der Waals surface area contributed by atoms with E-state index in [1.165, 1.54) is 0 Å². The van der Waals surface area contributed by atoms with Crippen LogP contribution in [-0.2, 0) is 11.3 Å². The third-order valence-corrected chi connectivity index (χ3v) is 6.51. The Labute approximate surface area is 170 Å². The summed E-state index contributed by atoms with van der Waals surface area (Å²) in [7, 11) is 0. The molecule has 1 saturated heterocycles. The quantitative estimate of drug-likeness (QED) is 0.848. The van der Waals surface area contributed by atoms with Crippen molar-refractivity contribution in [2.45, 2.75) is 24.9 Å². The van der Waals surface area contributed by atoms with Crippen LogP contribution in [-0.4, -0.2) is 41.3 Å². The first-order valence-electron chi connectivity index (χ1n) is 10.2. The molecule has 2 aliphatic heterocycles. The SMILES string of the molecule is O=C(NCc1ccccc1)N1C[C@H]2CC[C@@]3(N=C(c4ccccc4)NC3=O)[C@H]2C1. The van der Waals surface area contributed by atoms with Crippen molar-refractivity contribution in [2.24, 2.45) is 16.8 Å². The van der Waals surface area contributed by atoms with Gasteiger partial charge in [-0.3, -0.25) is 9.79 Å². The Morgan fingerprint density at radius 2 is 1.83 bits per heavy atom. The van der Waals surface area contributed by atoms with Crippen LogP contribution in [0.4, 0.5) is 4.79 Å². The van der Waals surface area contributed by atoms with Gasteiger partial charge in [0.2, 0.25) is 0 Å². The summed E-state index contributed by atoms with van der Waals surface area (Å²) in [6.45, 7) is 1.77. The lowest BCUT2D eigenvalue weighted by Gasteiger charge is -2.25. The summed E-state index contributed by atoms with van der Waals surface area (Å²) in [5.41, 5.74) is 1.27.